The van der Waals surface area contributed by atoms with E-state index in [0.29, 0.717) is 24.6 Å². The standard InChI is InChI=1S/C20H23FN2O2/c1-13(2)15-5-8-18(22-12-15)20(24)23-17-9-10-25-19(11-17)14-3-6-16(21)7-4-14/h3-8,12-13,17,19H,9-11H2,1-2H3,(H,23,24). The molecule has 0 spiro atoms. The molecule has 132 valence electrons. The highest BCUT2D eigenvalue weighted by atomic mass is 19.1. The quantitative estimate of drug-likeness (QED) is 0.914. The Labute approximate surface area is 147 Å². The SMILES string of the molecule is CC(C)c1ccc(C(=O)NC2CCOC(c3ccc(F)cc3)C2)nc1. The zero-order valence-electron chi connectivity index (χ0n) is 14.5. The summed E-state index contributed by atoms with van der Waals surface area (Å²) in [6.07, 6.45) is 3.05. The minimum Gasteiger partial charge on any atom is -0.373 e. The number of rotatable bonds is 4. The molecule has 2 aromatic rings. The van der Waals surface area contributed by atoms with Gasteiger partial charge < -0.3 is 10.1 Å². The monoisotopic (exact) mass is 342 g/mol. The molecule has 0 bridgehead atoms. The molecule has 1 amide bonds. The minimum atomic E-state index is -0.264. The minimum absolute atomic E-state index is 0.0166. The van der Waals surface area contributed by atoms with E-state index in [0.717, 1.165) is 17.5 Å². The molecule has 3 rings (SSSR count). The van der Waals surface area contributed by atoms with Gasteiger partial charge in [-0.1, -0.05) is 32.0 Å². The van der Waals surface area contributed by atoms with Crippen LogP contribution in [0.25, 0.3) is 0 Å². The Morgan fingerprint density at radius 3 is 2.64 bits per heavy atom. The van der Waals surface area contributed by atoms with Crippen LogP contribution in [0, 0.1) is 5.82 Å². The van der Waals surface area contributed by atoms with Crippen LogP contribution >= 0.6 is 0 Å². The number of benzene rings is 1. The van der Waals surface area contributed by atoms with Crippen LogP contribution in [0.15, 0.2) is 42.6 Å². The zero-order valence-corrected chi connectivity index (χ0v) is 14.5. The number of pyridine rings is 1. The number of nitrogens with one attached hydrogen (secondary N) is 1. The molecule has 1 aliphatic heterocycles. The van der Waals surface area contributed by atoms with Gasteiger partial charge >= 0.3 is 0 Å². The first kappa shape index (κ1) is 17.5. The fourth-order valence-corrected chi connectivity index (χ4v) is 2.98. The van der Waals surface area contributed by atoms with Crippen LogP contribution in [0.1, 0.15) is 60.3 Å². The fraction of sp³-hybridized carbons (Fsp3) is 0.400. The summed E-state index contributed by atoms with van der Waals surface area (Å²) >= 11 is 0. The van der Waals surface area contributed by atoms with Gasteiger partial charge in [-0.2, -0.15) is 0 Å². The molecule has 1 aromatic heterocycles. The van der Waals surface area contributed by atoms with Gasteiger partial charge in [0.1, 0.15) is 11.5 Å². The molecule has 2 atom stereocenters. The molecule has 2 heterocycles. The van der Waals surface area contributed by atoms with E-state index < -0.39 is 0 Å². The maximum absolute atomic E-state index is 13.1. The van der Waals surface area contributed by atoms with E-state index in [1.165, 1.54) is 12.1 Å². The van der Waals surface area contributed by atoms with Crippen molar-refractivity contribution in [3.8, 4) is 0 Å². The number of amides is 1. The lowest BCUT2D eigenvalue weighted by Gasteiger charge is -2.30. The molecule has 1 aromatic carbocycles. The molecule has 0 aliphatic carbocycles. The Balaban J connectivity index is 1.62. The van der Waals surface area contributed by atoms with Crippen LogP contribution in [0.3, 0.4) is 0 Å². The smallest absolute Gasteiger partial charge is 0.270 e. The van der Waals surface area contributed by atoms with Crippen molar-refractivity contribution in [1.29, 1.82) is 0 Å². The summed E-state index contributed by atoms with van der Waals surface area (Å²) in [6.45, 7) is 4.75. The van der Waals surface area contributed by atoms with E-state index in [1.807, 2.05) is 6.07 Å². The van der Waals surface area contributed by atoms with Gasteiger partial charge in [-0.3, -0.25) is 9.78 Å². The first-order chi connectivity index (χ1) is 12.0. The van der Waals surface area contributed by atoms with Crippen molar-refractivity contribution < 1.29 is 13.9 Å². The van der Waals surface area contributed by atoms with Crippen LogP contribution < -0.4 is 5.32 Å². The molecule has 25 heavy (non-hydrogen) atoms. The topological polar surface area (TPSA) is 51.2 Å². The van der Waals surface area contributed by atoms with Crippen LogP contribution in [0.4, 0.5) is 4.39 Å². The molecular formula is C20H23FN2O2. The molecule has 1 fully saturated rings. The number of ether oxygens (including phenoxy) is 1. The van der Waals surface area contributed by atoms with E-state index in [4.69, 9.17) is 4.74 Å². The lowest BCUT2D eigenvalue weighted by Crippen LogP contribution is -2.40. The van der Waals surface area contributed by atoms with Gasteiger partial charge in [0.2, 0.25) is 0 Å². The van der Waals surface area contributed by atoms with Crippen molar-refractivity contribution in [1.82, 2.24) is 10.3 Å². The molecule has 5 heteroatoms. The van der Waals surface area contributed by atoms with Gasteiger partial charge in [0.05, 0.1) is 6.10 Å². The number of carbonyl (C=O) groups is 1. The number of halogens is 1. The van der Waals surface area contributed by atoms with E-state index in [1.54, 1.807) is 24.4 Å². The van der Waals surface area contributed by atoms with E-state index in [9.17, 15) is 9.18 Å². The Hall–Kier alpha value is -2.27. The zero-order chi connectivity index (χ0) is 17.8. The third-order valence-corrected chi connectivity index (χ3v) is 4.55. The molecule has 0 saturated carbocycles. The van der Waals surface area contributed by atoms with Crippen LogP contribution in [0.5, 0.6) is 0 Å². The third kappa shape index (κ3) is 4.42. The van der Waals surface area contributed by atoms with Crippen molar-refractivity contribution >= 4 is 5.91 Å². The maximum Gasteiger partial charge on any atom is 0.270 e. The molecule has 0 radical (unpaired) electrons. The predicted octanol–water partition coefficient (Wildman–Crippen LogP) is 3.99. The third-order valence-electron chi connectivity index (χ3n) is 4.55. The second-order valence-electron chi connectivity index (χ2n) is 6.74. The van der Waals surface area contributed by atoms with Gasteiger partial charge in [0, 0.05) is 18.8 Å². The normalized spacial score (nSPS) is 20.5. The Kier molecular flexibility index (Phi) is 5.43. The van der Waals surface area contributed by atoms with Crippen molar-refractivity contribution in [2.75, 3.05) is 6.61 Å². The van der Waals surface area contributed by atoms with Crippen LogP contribution in [-0.2, 0) is 4.74 Å². The predicted molar refractivity (Wildman–Crippen MR) is 93.9 cm³/mol. The number of hydrogen-bond donors (Lipinski definition) is 1. The second-order valence-corrected chi connectivity index (χ2v) is 6.74. The first-order valence-corrected chi connectivity index (χ1v) is 8.67. The summed E-state index contributed by atoms with van der Waals surface area (Å²) in [4.78, 5) is 16.7. The summed E-state index contributed by atoms with van der Waals surface area (Å²) in [7, 11) is 0. The Morgan fingerprint density at radius 1 is 1.24 bits per heavy atom. The van der Waals surface area contributed by atoms with Gasteiger partial charge in [0.15, 0.2) is 0 Å². The van der Waals surface area contributed by atoms with E-state index in [2.05, 4.69) is 24.1 Å². The van der Waals surface area contributed by atoms with Gasteiger partial charge in [0.25, 0.3) is 5.91 Å². The maximum atomic E-state index is 13.1. The number of hydrogen-bond acceptors (Lipinski definition) is 3. The average molecular weight is 342 g/mol. The van der Waals surface area contributed by atoms with Crippen molar-refractivity contribution in [3.63, 3.8) is 0 Å². The lowest BCUT2D eigenvalue weighted by molar-refractivity contribution is 0.000838. The van der Waals surface area contributed by atoms with Crippen LogP contribution in [-0.4, -0.2) is 23.5 Å². The molecular weight excluding hydrogens is 319 g/mol. The Bertz CT molecular complexity index is 713. The van der Waals surface area contributed by atoms with Gasteiger partial charge in [-0.25, -0.2) is 4.39 Å². The van der Waals surface area contributed by atoms with E-state index in [-0.39, 0.29) is 23.9 Å². The largest absolute Gasteiger partial charge is 0.373 e. The highest BCUT2D eigenvalue weighted by Gasteiger charge is 2.25. The Morgan fingerprint density at radius 2 is 2.00 bits per heavy atom. The highest BCUT2D eigenvalue weighted by molar-refractivity contribution is 5.92. The summed E-state index contributed by atoms with van der Waals surface area (Å²) < 4.78 is 18.8. The van der Waals surface area contributed by atoms with Gasteiger partial charge in [-0.15, -0.1) is 0 Å². The summed E-state index contributed by atoms with van der Waals surface area (Å²) in [5.41, 5.74) is 2.47. The fourth-order valence-electron chi connectivity index (χ4n) is 2.98. The molecule has 1 aliphatic rings. The summed E-state index contributed by atoms with van der Waals surface area (Å²) in [5, 5.41) is 3.04. The first-order valence-electron chi connectivity index (χ1n) is 8.67. The molecule has 1 saturated heterocycles. The molecule has 4 nitrogen and oxygen atoms in total. The lowest BCUT2D eigenvalue weighted by atomic mass is 9.97. The number of nitrogens with zero attached hydrogens (tertiary/aromatic N) is 1. The van der Waals surface area contributed by atoms with Crippen molar-refractivity contribution in [2.24, 2.45) is 0 Å². The molecule has 1 N–H and O–H groups in total. The van der Waals surface area contributed by atoms with Crippen molar-refractivity contribution in [2.45, 2.75) is 44.8 Å². The number of carbonyl (C=O) groups excluding carboxylic acids is 1. The van der Waals surface area contributed by atoms with Crippen molar-refractivity contribution in [3.05, 3.63) is 65.2 Å². The average Bonchev–Trinajstić information content (AvgIpc) is 2.62. The van der Waals surface area contributed by atoms with Gasteiger partial charge in [-0.05, 0) is 48.1 Å². The summed E-state index contributed by atoms with van der Waals surface area (Å²) in [5.74, 6) is -0.0445. The van der Waals surface area contributed by atoms with Crippen LogP contribution in [0.2, 0.25) is 0 Å². The summed E-state index contributed by atoms with van der Waals surface area (Å²) in [6, 6.07) is 10.1. The second kappa shape index (κ2) is 7.74. The highest BCUT2D eigenvalue weighted by Crippen LogP contribution is 2.28. The molecule has 2 unspecified atom stereocenters. The van der Waals surface area contributed by atoms with E-state index >= 15 is 0 Å². The number of aromatic nitrogens is 1.